The van der Waals surface area contributed by atoms with E-state index in [2.05, 4.69) is 4.98 Å². The number of hydrogen-bond donors (Lipinski definition) is 0. The first kappa shape index (κ1) is 12.5. The SMILES string of the molecule is O=S(=O)(Cc1ccc(F)nc1)C1CCCCC1. The van der Waals surface area contributed by atoms with Gasteiger partial charge in [-0.15, -0.1) is 0 Å². The summed E-state index contributed by atoms with van der Waals surface area (Å²) in [4.78, 5) is 3.48. The summed E-state index contributed by atoms with van der Waals surface area (Å²) in [6.45, 7) is 0. The molecule has 1 saturated carbocycles. The molecule has 94 valence electrons. The highest BCUT2D eigenvalue weighted by Gasteiger charge is 2.27. The molecular weight excluding hydrogens is 241 g/mol. The third-order valence-corrected chi connectivity index (χ3v) is 5.44. The molecule has 0 aromatic carbocycles. The van der Waals surface area contributed by atoms with Gasteiger partial charge in [0.15, 0.2) is 9.84 Å². The Bertz CT molecular complexity index is 464. The van der Waals surface area contributed by atoms with Gasteiger partial charge in [-0.3, -0.25) is 0 Å². The molecule has 1 aliphatic carbocycles. The summed E-state index contributed by atoms with van der Waals surface area (Å²) in [7, 11) is -3.11. The van der Waals surface area contributed by atoms with Crippen LogP contribution in [0.2, 0.25) is 0 Å². The van der Waals surface area contributed by atoms with Crippen molar-refractivity contribution in [1.29, 1.82) is 0 Å². The topological polar surface area (TPSA) is 47.0 Å². The van der Waals surface area contributed by atoms with Crippen molar-refractivity contribution in [3.8, 4) is 0 Å². The zero-order chi connectivity index (χ0) is 12.3. The van der Waals surface area contributed by atoms with E-state index in [0.29, 0.717) is 5.56 Å². The summed E-state index contributed by atoms with van der Waals surface area (Å²) < 4.78 is 36.9. The Morgan fingerprint density at radius 2 is 1.94 bits per heavy atom. The van der Waals surface area contributed by atoms with Gasteiger partial charge in [-0.05, 0) is 24.5 Å². The lowest BCUT2D eigenvalue weighted by Crippen LogP contribution is -2.25. The third-order valence-electron chi connectivity index (χ3n) is 3.22. The predicted molar refractivity (Wildman–Crippen MR) is 63.7 cm³/mol. The molecule has 0 spiro atoms. The molecule has 0 radical (unpaired) electrons. The van der Waals surface area contributed by atoms with E-state index in [4.69, 9.17) is 0 Å². The van der Waals surface area contributed by atoms with Crippen molar-refractivity contribution in [3.05, 3.63) is 29.8 Å². The lowest BCUT2D eigenvalue weighted by atomic mass is 10.0. The van der Waals surface area contributed by atoms with Crippen LogP contribution in [-0.4, -0.2) is 18.7 Å². The molecule has 0 unspecified atom stereocenters. The van der Waals surface area contributed by atoms with Crippen LogP contribution in [-0.2, 0) is 15.6 Å². The number of hydrogen-bond acceptors (Lipinski definition) is 3. The van der Waals surface area contributed by atoms with Crippen molar-refractivity contribution in [2.75, 3.05) is 0 Å². The Morgan fingerprint density at radius 3 is 2.53 bits per heavy atom. The first-order chi connectivity index (χ1) is 8.08. The van der Waals surface area contributed by atoms with E-state index in [1.165, 1.54) is 18.3 Å². The van der Waals surface area contributed by atoms with Crippen LogP contribution in [0.1, 0.15) is 37.7 Å². The van der Waals surface area contributed by atoms with Crippen molar-refractivity contribution in [2.45, 2.75) is 43.1 Å². The van der Waals surface area contributed by atoms with Gasteiger partial charge in [0.1, 0.15) is 0 Å². The quantitative estimate of drug-likeness (QED) is 0.781. The summed E-state index contributed by atoms with van der Waals surface area (Å²) in [6, 6.07) is 2.69. The minimum Gasteiger partial charge on any atom is -0.228 e. The fourth-order valence-electron chi connectivity index (χ4n) is 2.27. The van der Waals surface area contributed by atoms with E-state index in [1.54, 1.807) is 0 Å². The number of rotatable bonds is 3. The molecule has 3 nitrogen and oxygen atoms in total. The Balaban J connectivity index is 2.08. The molecule has 0 bridgehead atoms. The number of sulfone groups is 1. The molecular formula is C12H16FNO2S. The summed E-state index contributed by atoms with van der Waals surface area (Å²) in [6.07, 6.45) is 5.94. The average Bonchev–Trinajstić information content (AvgIpc) is 2.33. The Labute approximate surface area is 101 Å². The molecule has 0 amide bonds. The van der Waals surface area contributed by atoms with Gasteiger partial charge in [-0.25, -0.2) is 13.4 Å². The maximum absolute atomic E-state index is 12.6. The molecule has 1 heterocycles. The highest BCUT2D eigenvalue weighted by Crippen LogP contribution is 2.25. The number of aromatic nitrogens is 1. The summed E-state index contributed by atoms with van der Waals surface area (Å²) in [5.74, 6) is -0.603. The highest BCUT2D eigenvalue weighted by atomic mass is 32.2. The van der Waals surface area contributed by atoms with E-state index in [-0.39, 0.29) is 11.0 Å². The van der Waals surface area contributed by atoms with Crippen molar-refractivity contribution < 1.29 is 12.8 Å². The van der Waals surface area contributed by atoms with E-state index in [9.17, 15) is 12.8 Å². The van der Waals surface area contributed by atoms with Crippen LogP contribution in [0.3, 0.4) is 0 Å². The Morgan fingerprint density at radius 1 is 1.24 bits per heavy atom. The molecule has 1 aromatic heterocycles. The molecule has 0 saturated heterocycles. The van der Waals surface area contributed by atoms with Gasteiger partial charge in [0.2, 0.25) is 5.95 Å². The molecule has 5 heteroatoms. The van der Waals surface area contributed by atoms with Crippen molar-refractivity contribution in [2.24, 2.45) is 0 Å². The normalized spacial score (nSPS) is 18.2. The predicted octanol–water partition coefficient (Wildman–Crippen LogP) is 2.47. The summed E-state index contributed by atoms with van der Waals surface area (Å²) in [5.41, 5.74) is 0.567. The minimum atomic E-state index is -3.11. The lowest BCUT2D eigenvalue weighted by Gasteiger charge is -2.21. The molecule has 1 aliphatic rings. The van der Waals surface area contributed by atoms with Crippen molar-refractivity contribution in [1.82, 2.24) is 4.98 Å². The average molecular weight is 257 g/mol. The van der Waals surface area contributed by atoms with Crippen LogP contribution >= 0.6 is 0 Å². The molecule has 17 heavy (non-hydrogen) atoms. The van der Waals surface area contributed by atoms with Crippen LogP contribution < -0.4 is 0 Å². The lowest BCUT2D eigenvalue weighted by molar-refractivity contribution is 0.483. The van der Waals surface area contributed by atoms with Crippen molar-refractivity contribution in [3.63, 3.8) is 0 Å². The zero-order valence-corrected chi connectivity index (χ0v) is 10.4. The van der Waals surface area contributed by atoms with Crippen LogP contribution in [0.5, 0.6) is 0 Å². The van der Waals surface area contributed by atoms with Gasteiger partial charge >= 0.3 is 0 Å². The van der Waals surface area contributed by atoms with Crippen LogP contribution in [0.15, 0.2) is 18.3 Å². The maximum Gasteiger partial charge on any atom is 0.212 e. The van der Waals surface area contributed by atoms with E-state index >= 15 is 0 Å². The zero-order valence-electron chi connectivity index (χ0n) is 9.60. The summed E-state index contributed by atoms with van der Waals surface area (Å²) >= 11 is 0. The van der Waals surface area contributed by atoms with E-state index < -0.39 is 15.8 Å². The first-order valence-electron chi connectivity index (χ1n) is 5.90. The third kappa shape index (κ3) is 3.25. The second kappa shape index (κ2) is 5.12. The number of halogens is 1. The van der Waals surface area contributed by atoms with Gasteiger partial charge in [-0.1, -0.05) is 25.3 Å². The van der Waals surface area contributed by atoms with E-state index in [0.717, 1.165) is 32.1 Å². The fraction of sp³-hybridized carbons (Fsp3) is 0.583. The monoisotopic (exact) mass is 257 g/mol. The first-order valence-corrected chi connectivity index (χ1v) is 7.61. The summed E-state index contributed by atoms with van der Waals surface area (Å²) in [5, 5.41) is -0.221. The molecule has 0 atom stereocenters. The van der Waals surface area contributed by atoms with Crippen LogP contribution in [0.4, 0.5) is 4.39 Å². The van der Waals surface area contributed by atoms with Gasteiger partial charge in [-0.2, -0.15) is 4.39 Å². The second-order valence-electron chi connectivity index (χ2n) is 4.56. The standard InChI is InChI=1S/C12H16FNO2S/c13-12-7-6-10(8-14-12)9-17(15,16)11-4-2-1-3-5-11/h6-8,11H,1-5,9H2. The maximum atomic E-state index is 12.6. The minimum absolute atomic E-state index is 0.0229. The van der Waals surface area contributed by atoms with Gasteiger partial charge in [0.25, 0.3) is 0 Å². The number of pyridine rings is 1. The van der Waals surface area contributed by atoms with Crippen LogP contribution in [0.25, 0.3) is 0 Å². The van der Waals surface area contributed by atoms with Gasteiger partial charge in [0.05, 0.1) is 11.0 Å². The molecule has 2 rings (SSSR count). The second-order valence-corrected chi connectivity index (χ2v) is 6.84. The number of nitrogens with zero attached hydrogens (tertiary/aromatic N) is 1. The molecule has 0 aliphatic heterocycles. The van der Waals surface area contributed by atoms with Crippen LogP contribution in [0, 0.1) is 5.95 Å². The fourth-order valence-corrected chi connectivity index (χ4v) is 4.19. The van der Waals surface area contributed by atoms with Crippen molar-refractivity contribution >= 4 is 9.84 Å². The highest BCUT2D eigenvalue weighted by molar-refractivity contribution is 7.91. The molecule has 1 fully saturated rings. The van der Waals surface area contributed by atoms with Gasteiger partial charge < -0.3 is 0 Å². The Kier molecular flexibility index (Phi) is 3.76. The Hall–Kier alpha value is -0.970. The smallest absolute Gasteiger partial charge is 0.212 e. The van der Waals surface area contributed by atoms with Gasteiger partial charge in [0, 0.05) is 6.20 Å². The van der Waals surface area contributed by atoms with E-state index in [1.807, 2.05) is 0 Å². The molecule has 1 aromatic rings. The largest absolute Gasteiger partial charge is 0.228 e. The molecule has 0 N–H and O–H groups in total.